The van der Waals surface area contributed by atoms with Gasteiger partial charge in [0, 0.05) is 12.6 Å². The predicted molar refractivity (Wildman–Crippen MR) is 80.8 cm³/mol. The van der Waals surface area contributed by atoms with E-state index in [4.69, 9.17) is 10.00 Å². The van der Waals surface area contributed by atoms with E-state index in [9.17, 15) is 0 Å². The summed E-state index contributed by atoms with van der Waals surface area (Å²) in [4.78, 5) is 2.58. The number of piperidine rings is 1. The van der Waals surface area contributed by atoms with Crippen molar-refractivity contribution >= 4 is 0 Å². The fourth-order valence-corrected chi connectivity index (χ4v) is 2.92. The largest absolute Gasteiger partial charge is 0.492 e. The Hall–Kier alpha value is -1.53. The Kier molecular flexibility index (Phi) is 5.88. The molecule has 1 fully saturated rings. The van der Waals surface area contributed by atoms with Crippen LogP contribution in [0.3, 0.4) is 0 Å². The zero-order valence-electron chi connectivity index (χ0n) is 12.3. The number of hydrogen-bond acceptors (Lipinski definition) is 3. The molecular formula is C17H24N2O. The molecule has 1 aromatic carbocycles. The van der Waals surface area contributed by atoms with Crippen LogP contribution >= 0.6 is 0 Å². The number of nitriles is 1. The van der Waals surface area contributed by atoms with Gasteiger partial charge in [0.05, 0.1) is 11.6 Å². The highest BCUT2D eigenvalue weighted by atomic mass is 16.5. The van der Waals surface area contributed by atoms with Crippen LogP contribution in [0, 0.1) is 11.3 Å². The molecule has 0 bridgehead atoms. The maximum atomic E-state index is 8.76. The van der Waals surface area contributed by atoms with Gasteiger partial charge in [-0.1, -0.05) is 19.8 Å². The first kappa shape index (κ1) is 14.9. The van der Waals surface area contributed by atoms with Crippen LogP contribution in [0.2, 0.25) is 0 Å². The summed E-state index contributed by atoms with van der Waals surface area (Å²) in [5.41, 5.74) is 0.677. The topological polar surface area (TPSA) is 36.3 Å². The molecule has 1 aliphatic heterocycles. The van der Waals surface area contributed by atoms with Crippen LogP contribution in [-0.2, 0) is 0 Å². The molecular weight excluding hydrogens is 248 g/mol. The van der Waals surface area contributed by atoms with Crippen LogP contribution in [0.5, 0.6) is 5.75 Å². The fourth-order valence-electron chi connectivity index (χ4n) is 2.92. The third kappa shape index (κ3) is 4.25. The van der Waals surface area contributed by atoms with Crippen molar-refractivity contribution in [3.8, 4) is 11.8 Å². The summed E-state index contributed by atoms with van der Waals surface area (Å²) in [6.07, 6.45) is 6.59. The van der Waals surface area contributed by atoms with Gasteiger partial charge in [-0.05, 0) is 50.1 Å². The zero-order valence-corrected chi connectivity index (χ0v) is 12.3. The summed E-state index contributed by atoms with van der Waals surface area (Å²) in [7, 11) is 0. The van der Waals surface area contributed by atoms with Crippen molar-refractivity contribution in [2.24, 2.45) is 0 Å². The lowest BCUT2D eigenvalue weighted by Gasteiger charge is -2.35. The molecule has 0 N–H and O–H groups in total. The summed E-state index contributed by atoms with van der Waals surface area (Å²) in [6.45, 7) is 5.21. The van der Waals surface area contributed by atoms with E-state index in [1.54, 1.807) is 12.1 Å². The second kappa shape index (κ2) is 7.91. The zero-order chi connectivity index (χ0) is 14.2. The molecule has 0 amide bonds. The van der Waals surface area contributed by atoms with Gasteiger partial charge in [-0.25, -0.2) is 0 Å². The molecule has 1 heterocycles. The lowest BCUT2D eigenvalue weighted by Crippen LogP contribution is -2.41. The minimum Gasteiger partial charge on any atom is -0.492 e. The van der Waals surface area contributed by atoms with Gasteiger partial charge in [0.1, 0.15) is 12.4 Å². The molecule has 1 atom stereocenters. The molecule has 2 rings (SSSR count). The fraction of sp³-hybridized carbons (Fsp3) is 0.588. The monoisotopic (exact) mass is 272 g/mol. The first-order chi connectivity index (χ1) is 9.83. The van der Waals surface area contributed by atoms with Gasteiger partial charge >= 0.3 is 0 Å². The SMILES string of the molecule is CCCC1CCCCN1CCOc1ccc(C#N)cc1. The molecule has 20 heavy (non-hydrogen) atoms. The highest BCUT2D eigenvalue weighted by molar-refractivity contribution is 5.34. The van der Waals surface area contributed by atoms with Crippen molar-refractivity contribution in [1.29, 1.82) is 5.26 Å². The van der Waals surface area contributed by atoms with Gasteiger partial charge in [0.15, 0.2) is 0 Å². The van der Waals surface area contributed by atoms with E-state index >= 15 is 0 Å². The van der Waals surface area contributed by atoms with Crippen molar-refractivity contribution in [1.82, 2.24) is 4.90 Å². The van der Waals surface area contributed by atoms with E-state index in [1.807, 2.05) is 12.1 Å². The minimum absolute atomic E-state index is 0.677. The van der Waals surface area contributed by atoms with Crippen molar-refractivity contribution in [3.05, 3.63) is 29.8 Å². The van der Waals surface area contributed by atoms with Crippen LogP contribution in [0.25, 0.3) is 0 Å². The van der Waals surface area contributed by atoms with Gasteiger partial charge in [-0.2, -0.15) is 5.26 Å². The van der Waals surface area contributed by atoms with Crippen molar-refractivity contribution in [2.45, 2.75) is 45.1 Å². The first-order valence-corrected chi connectivity index (χ1v) is 7.70. The van der Waals surface area contributed by atoms with E-state index in [-0.39, 0.29) is 0 Å². The number of hydrogen-bond donors (Lipinski definition) is 0. The second-order valence-corrected chi connectivity index (χ2v) is 5.46. The maximum absolute atomic E-state index is 8.76. The van der Waals surface area contributed by atoms with E-state index in [2.05, 4.69) is 17.9 Å². The van der Waals surface area contributed by atoms with Crippen LogP contribution in [-0.4, -0.2) is 30.6 Å². The average Bonchev–Trinajstić information content (AvgIpc) is 2.50. The Morgan fingerprint density at radius 1 is 1.30 bits per heavy atom. The second-order valence-electron chi connectivity index (χ2n) is 5.46. The van der Waals surface area contributed by atoms with Crippen molar-refractivity contribution in [2.75, 3.05) is 19.7 Å². The number of likely N-dealkylation sites (tertiary alicyclic amines) is 1. The molecule has 3 nitrogen and oxygen atoms in total. The molecule has 3 heteroatoms. The smallest absolute Gasteiger partial charge is 0.119 e. The van der Waals surface area contributed by atoms with Crippen molar-refractivity contribution in [3.63, 3.8) is 0 Å². The molecule has 0 saturated carbocycles. The quantitative estimate of drug-likeness (QED) is 0.794. The van der Waals surface area contributed by atoms with Gasteiger partial charge in [-0.3, -0.25) is 4.90 Å². The van der Waals surface area contributed by atoms with Crippen LogP contribution in [0.15, 0.2) is 24.3 Å². The highest BCUT2D eigenvalue weighted by Gasteiger charge is 2.20. The predicted octanol–water partition coefficient (Wildman–Crippen LogP) is 3.59. The van der Waals surface area contributed by atoms with E-state index in [1.165, 1.54) is 38.6 Å². The van der Waals surface area contributed by atoms with Crippen LogP contribution in [0.4, 0.5) is 0 Å². The average molecular weight is 272 g/mol. The molecule has 1 unspecified atom stereocenters. The number of benzene rings is 1. The summed E-state index contributed by atoms with van der Waals surface area (Å²) in [5.74, 6) is 0.855. The van der Waals surface area contributed by atoms with Gasteiger partial charge in [0.25, 0.3) is 0 Å². The Bertz CT molecular complexity index is 433. The van der Waals surface area contributed by atoms with E-state index in [0.29, 0.717) is 5.56 Å². The summed E-state index contributed by atoms with van der Waals surface area (Å²) in [6, 6.07) is 10.2. The molecule has 108 valence electrons. The van der Waals surface area contributed by atoms with Gasteiger partial charge < -0.3 is 4.74 Å². The molecule has 1 aliphatic rings. The normalized spacial score (nSPS) is 19.5. The number of ether oxygens (including phenoxy) is 1. The first-order valence-electron chi connectivity index (χ1n) is 7.70. The number of rotatable bonds is 6. The van der Waals surface area contributed by atoms with Gasteiger partial charge in [-0.15, -0.1) is 0 Å². The Morgan fingerprint density at radius 3 is 2.80 bits per heavy atom. The molecule has 0 aromatic heterocycles. The maximum Gasteiger partial charge on any atom is 0.119 e. The summed E-state index contributed by atoms with van der Waals surface area (Å²) < 4.78 is 5.78. The summed E-state index contributed by atoms with van der Waals surface area (Å²) in [5, 5.41) is 8.76. The minimum atomic E-state index is 0.677. The van der Waals surface area contributed by atoms with Crippen LogP contribution < -0.4 is 4.74 Å². The molecule has 1 aromatic rings. The molecule has 0 spiro atoms. The van der Waals surface area contributed by atoms with Gasteiger partial charge in [0.2, 0.25) is 0 Å². The molecule has 0 radical (unpaired) electrons. The van der Waals surface area contributed by atoms with E-state index in [0.717, 1.165) is 24.9 Å². The Balaban J connectivity index is 1.77. The van der Waals surface area contributed by atoms with Crippen molar-refractivity contribution < 1.29 is 4.74 Å². The third-order valence-corrected chi connectivity index (χ3v) is 4.00. The summed E-state index contributed by atoms with van der Waals surface area (Å²) >= 11 is 0. The van der Waals surface area contributed by atoms with Crippen LogP contribution in [0.1, 0.15) is 44.6 Å². The lowest BCUT2D eigenvalue weighted by molar-refractivity contribution is 0.116. The molecule has 1 saturated heterocycles. The Labute approximate surface area is 122 Å². The van der Waals surface area contributed by atoms with E-state index < -0.39 is 0 Å². The standard InChI is InChI=1S/C17H24N2O/c1-2-5-16-6-3-4-11-19(16)12-13-20-17-9-7-15(14-18)8-10-17/h7-10,16H,2-6,11-13H2,1H3. The Morgan fingerprint density at radius 2 is 2.10 bits per heavy atom. The molecule has 0 aliphatic carbocycles. The third-order valence-electron chi connectivity index (χ3n) is 4.00. The highest BCUT2D eigenvalue weighted by Crippen LogP contribution is 2.20. The lowest BCUT2D eigenvalue weighted by atomic mass is 9.98. The number of nitrogens with zero attached hydrogens (tertiary/aromatic N) is 2.